The molecule has 0 aromatic carbocycles. The molecule has 2 N–H and O–H groups in total. The summed E-state index contributed by atoms with van der Waals surface area (Å²) < 4.78 is 0. The Balaban J connectivity index is 3.49. The third-order valence-electron chi connectivity index (χ3n) is 0.626. The van der Waals surface area contributed by atoms with Gasteiger partial charge in [-0.3, -0.25) is 10.2 Å². The first-order valence-electron chi connectivity index (χ1n) is 2.31. The van der Waals surface area contributed by atoms with Gasteiger partial charge in [0.15, 0.2) is 0 Å². The topological polar surface area (TPSA) is 41.1 Å². The zero-order valence-electron chi connectivity index (χ0n) is 5.12. The van der Waals surface area contributed by atoms with Gasteiger partial charge in [-0.15, -0.1) is 0 Å². The van der Waals surface area contributed by atoms with E-state index in [2.05, 4.69) is 17.4 Å². The van der Waals surface area contributed by atoms with E-state index in [4.69, 9.17) is 0 Å². The number of carbonyl (C=O) groups is 1. The van der Waals surface area contributed by atoms with Crippen LogP contribution in [0, 0.1) is 0 Å². The molecule has 0 heterocycles. The summed E-state index contributed by atoms with van der Waals surface area (Å²) in [6, 6.07) is 0. The van der Waals surface area contributed by atoms with Gasteiger partial charge in [0, 0.05) is 12.6 Å². The Bertz CT molecular complexity index is 109. The van der Waals surface area contributed by atoms with E-state index in [-0.39, 0.29) is 5.91 Å². The molecule has 0 saturated heterocycles. The molecular weight excluding hydrogens is 104 g/mol. The summed E-state index contributed by atoms with van der Waals surface area (Å²) in [5, 5.41) is 0. The Morgan fingerprint density at radius 3 is 2.25 bits per heavy atom. The van der Waals surface area contributed by atoms with E-state index in [1.807, 2.05) is 0 Å². The summed E-state index contributed by atoms with van der Waals surface area (Å²) in [5.41, 5.74) is 5.34. The van der Waals surface area contributed by atoms with Crippen LogP contribution in [-0.2, 0) is 4.79 Å². The van der Waals surface area contributed by atoms with Crippen molar-refractivity contribution in [3.05, 3.63) is 12.2 Å². The highest BCUT2D eigenvalue weighted by Gasteiger charge is 1.95. The van der Waals surface area contributed by atoms with Crippen molar-refractivity contribution in [1.29, 1.82) is 0 Å². The SMILES string of the molecule is C=C(C)C(=O)NNC. The monoisotopic (exact) mass is 114 g/mol. The van der Waals surface area contributed by atoms with Crippen molar-refractivity contribution < 1.29 is 4.79 Å². The fraction of sp³-hybridized carbons (Fsp3) is 0.400. The molecule has 0 fully saturated rings. The van der Waals surface area contributed by atoms with E-state index < -0.39 is 0 Å². The van der Waals surface area contributed by atoms with Crippen LogP contribution < -0.4 is 10.9 Å². The van der Waals surface area contributed by atoms with E-state index in [0.717, 1.165) is 0 Å². The highest BCUT2D eigenvalue weighted by molar-refractivity contribution is 5.91. The van der Waals surface area contributed by atoms with Gasteiger partial charge in [-0.05, 0) is 6.92 Å². The Morgan fingerprint density at radius 2 is 2.12 bits per heavy atom. The van der Waals surface area contributed by atoms with Gasteiger partial charge in [0.05, 0.1) is 0 Å². The number of rotatable bonds is 2. The number of hydrazine groups is 1. The van der Waals surface area contributed by atoms with Crippen LogP contribution in [0.5, 0.6) is 0 Å². The van der Waals surface area contributed by atoms with Gasteiger partial charge in [0.1, 0.15) is 0 Å². The first-order chi connectivity index (χ1) is 3.68. The molecule has 3 heteroatoms. The molecule has 0 bridgehead atoms. The predicted molar refractivity (Wildman–Crippen MR) is 32.0 cm³/mol. The molecule has 0 aliphatic heterocycles. The maximum atomic E-state index is 10.5. The predicted octanol–water partition coefficient (Wildman–Crippen LogP) is -0.187. The fourth-order valence-electron chi connectivity index (χ4n) is 0.220. The van der Waals surface area contributed by atoms with Crippen LogP contribution in [0.25, 0.3) is 0 Å². The van der Waals surface area contributed by atoms with Gasteiger partial charge in [-0.2, -0.15) is 0 Å². The molecule has 8 heavy (non-hydrogen) atoms. The summed E-state index contributed by atoms with van der Waals surface area (Å²) in [4.78, 5) is 10.5. The Labute approximate surface area is 48.7 Å². The van der Waals surface area contributed by atoms with E-state index in [1.165, 1.54) is 0 Å². The summed E-state index contributed by atoms with van der Waals surface area (Å²) in [6.07, 6.45) is 0. The Kier molecular flexibility index (Phi) is 2.88. The van der Waals surface area contributed by atoms with Gasteiger partial charge in [-0.25, -0.2) is 5.43 Å². The normalized spacial score (nSPS) is 8.25. The average molecular weight is 114 g/mol. The van der Waals surface area contributed by atoms with E-state index in [0.29, 0.717) is 5.57 Å². The quantitative estimate of drug-likeness (QED) is 0.386. The van der Waals surface area contributed by atoms with E-state index in [9.17, 15) is 4.79 Å². The van der Waals surface area contributed by atoms with Crippen molar-refractivity contribution in [1.82, 2.24) is 10.9 Å². The minimum Gasteiger partial charge on any atom is -0.288 e. The molecule has 0 atom stereocenters. The maximum Gasteiger partial charge on any atom is 0.260 e. The second-order valence-electron chi connectivity index (χ2n) is 1.48. The summed E-state index contributed by atoms with van der Waals surface area (Å²) in [7, 11) is 1.63. The molecule has 0 unspecified atom stereocenters. The van der Waals surface area contributed by atoms with E-state index >= 15 is 0 Å². The number of nitrogens with one attached hydrogen (secondary N) is 2. The molecule has 0 saturated carbocycles. The third kappa shape index (κ3) is 2.36. The Morgan fingerprint density at radius 1 is 1.62 bits per heavy atom. The summed E-state index contributed by atoms with van der Waals surface area (Å²) >= 11 is 0. The molecule has 0 aromatic heterocycles. The molecule has 0 aliphatic rings. The molecule has 0 spiro atoms. The molecule has 0 aliphatic carbocycles. The van der Waals surface area contributed by atoms with Crippen LogP contribution >= 0.6 is 0 Å². The second kappa shape index (κ2) is 3.21. The van der Waals surface area contributed by atoms with Crippen molar-refractivity contribution in [2.24, 2.45) is 0 Å². The first kappa shape index (κ1) is 7.17. The lowest BCUT2D eigenvalue weighted by Crippen LogP contribution is -2.34. The number of amides is 1. The van der Waals surface area contributed by atoms with Crippen LogP contribution in [0.4, 0.5) is 0 Å². The lowest BCUT2D eigenvalue weighted by Gasteiger charge is -1.98. The van der Waals surface area contributed by atoms with Gasteiger partial charge >= 0.3 is 0 Å². The van der Waals surface area contributed by atoms with Crippen molar-refractivity contribution in [2.75, 3.05) is 7.05 Å². The highest BCUT2D eigenvalue weighted by Crippen LogP contribution is 1.81. The molecule has 1 amide bonds. The molecule has 46 valence electrons. The van der Waals surface area contributed by atoms with Gasteiger partial charge in [0.25, 0.3) is 5.91 Å². The van der Waals surface area contributed by atoms with Gasteiger partial charge in [-0.1, -0.05) is 6.58 Å². The van der Waals surface area contributed by atoms with Crippen molar-refractivity contribution in [3.63, 3.8) is 0 Å². The molecular formula is C5H10N2O. The van der Waals surface area contributed by atoms with Crippen LogP contribution in [0.15, 0.2) is 12.2 Å². The number of hydrogen-bond donors (Lipinski definition) is 2. The summed E-state index contributed by atoms with van der Waals surface area (Å²) in [6.45, 7) is 5.07. The van der Waals surface area contributed by atoms with Crippen LogP contribution in [0.1, 0.15) is 6.92 Å². The number of carbonyl (C=O) groups excluding carboxylic acids is 1. The first-order valence-corrected chi connectivity index (χ1v) is 2.31. The molecule has 0 aromatic rings. The average Bonchev–Trinajstić information content (AvgIpc) is 1.67. The minimum atomic E-state index is -0.174. The second-order valence-corrected chi connectivity index (χ2v) is 1.48. The number of hydrogen-bond acceptors (Lipinski definition) is 2. The molecule has 0 radical (unpaired) electrons. The zero-order valence-corrected chi connectivity index (χ0v) is 5.12. The van der Waals surface area contributed by atoms with Crippen molar-refractivity contribution in [3.8, 4) is 0 Å². The Hall–Kier alpha value is -0.830. The largest absolute Gasteiger partial charge is 0.288 e. The maximum absolute atomic E-state index is 10.5. The lowest BCUT2D eigenvalue weighted by molar-refractivity contribution is -0.118. The minimum absolute atomic E-state index is 0.174. The smallest absolute Gasteiger partial charge is 0.260 e. The third-order valence-corrected chi connectivity index (χ3v) is 0.626. The standard InChI is InChI=1S/C5H10N2O/c1-4(2)5(8)7-6-3/h6H,1H2,2-3H3,(H,7,8). The molecule has 3 nitrogen and oxygen atoms in total. The van der Waals surface area contributed by atoms with Crippen LogP contribution in [0.2, 0.25) is 0 Å². The fourth-order valence-corrected chi connectivity index (χ4v) is 0.220. The van der Waals surface area contributed by atoms with Crippen molar-refractivity contribution in [2.45, 2.75) is 6.92 Å². The highest BCUT2D eigenvalue weighted by atomic mass is 16.2. The van der Waals surface area contributed by atoms with Crippen LogP contribution in [-0.4, -0.2) is 13.0 Å². The lowest BCUT2D eigenvalue weighted by atomic mass is 10.3. The summed E-state index contributed by atoms with van der Waals surface area (Å²) in [5.74, 6) is -0.174. The van der Waals surface area contributed by atoms with E-state index in [1.54, 1.807) is 14.0 Å². The van der Waals surface area contributed by atoms with Gasteiger partial charge in [0.2, 0.25) is 0 Å². The van der Waals surface area contributed by atoms with Gasteiger partial charge < -0.3 is 0 Å². The zero-order chi connectivity index (χ0) is 6.57. The van der Waals surface area contributed by atoms with Crippen LogP contribution in [0.3, 0.4) is 0 Å². The molecule has 0 rings (SSSR count). The van der Waals surface area contributed by atoms with Crippen molar-refractivity contribution >= 4 is 5.91 Å².